The number of halogens is 1. The average molecular weight is 428 g/mol. The number of nitrogens with zero attached hydrogens (tertiary/aromatic N) is 2. The Morgan fingerprint density at radius 2 is 2.10 bits per heavy atom. The Balaban J connectivity index is 1.53. The number of fused-ring (bicyclic) bond motifs is 1. The molecule has 8 heteroatoms. The van der Waals surface area contributed by atoms with E-state index < -0.39 is 0 Å². The summed E-state index contributed by atoms with van der Waals surface area (Å²) in [6.45, 7) is 0.368. The van der Waals surface area contributed by atoms with Crippen molar-refractivity contribution in [3.8, 4) is 28.4 Å². The molecule has 1 aliphatic heterocycles. The number of aromatic nitrogens is 2. The molecule has 0 radical (unpaired) electrons. The normalized spacial score (nSPS) is 14.7. The molecule has 156 valence electrons. The summed E-state index contributed by atoms with van der Waals surface area (Å²) < 4.78 is 18.4. The van der Waals surface area contributed by atoms with E-state index in [9.17, 15) is 4.79 Å². The van der Waals surface area contributed by atoms with Crippen molar-refractivity contribution in [3.05, 3.63) is 58.9 Å². The highest BCUT2D eigenvalue weighted by Crippen LogP contribution is 2.42. The van der Waals surface area contributed by atoms with Crippen molar-refractivity contribution in [2.75, 3.05) is 20.8 Å². The maximum Gasteiger partial charge on any atom is 0.269 e. The van der Waals surface area contributed by atoms with E-state index >= 15 is 0 Å². The first-order valence-corrected chi connectivity index (χ1v) is 9.85. The maximum absolute atomic E-state index is 12.3. The first-order chi connectivity index (χ1) is 14.5. The number of hydrogen-bond acceptors (Lipinski definition) is 5. The molecule has 1 aromatic heterocycles. The van der Waals surface area contributed by atoms with Crippen molar-refractivity contribution in [1.82, 2.24) is 15.1 Å². The lowest BCUT2D eigenvalue weighted by Crippen LogP contribution is -2.35. The van der Waals surface area contributed by atoms with E-state index in [2.05, 4.69) is 10.4 Å². The molecular formula is C22H22ClN3O4. The fraction of sp³-hybridized carbons (Fsp3) is 0.273. The van der Waals surface area contributed by atoms with Crippen LogP contribution in [0, 0.1) is 0 Å². The first-order valence-electron chi connectivity index (χ1n) is 9.48. The molecule has 1 N–H and O–H groups in total. The van der Waals surface area contributed by atoms with Gasteiger partial charge in [-0.25, -0.2) is 0 Å². The van der Waals surface area contributed by atoms with Crippen LogP contribution in [0.4, 0.5) is 0 Å². The highest BCUT2D eigenvalue weighted by molar-refractivity contribution is 6.32. The smallest absolute Gasteiger partial charge is 0.269 e. The van der Waals surface area contributed by atoms with Crippen molar-refractivity contribution >= 4 is 17.5 Å². The number of carbonyl (C=O) groups excluding carboxylic acids is 1. The zero-order valence-electron chi connectivity index (χ0n) is 16.9. The lowest BCUT2D eigenvalue weighted by Gasteiger charge is -2.13. The van der Waals surface area contributed by atoms with Crippen LogP contribution in [-0.4, -0.2) is 42.6 Å². The van der Waals surface area contributed by atoms with Crippen LogP contribution in [0.25, 0.3) is 11.1 Å². The van der Waals surface area contributed by atoms with E-state index in [4.69, 9.17) is 25.8 Å². The first kappa shape index (κ1) is 20.1. The fourth-order valence-electron chi connectivity index (χ4n) is 3.59. The predicted octanol–water partition coefficient (Wildman–Crippen LogP) is 3.49. The molecule has 2 heterocycles. The van der Waals surface area contributed by atoms with E-state index in [0.717, 1.165) is 28.2 Å². The molecule has 0 spiro atoms. The predicted molar refractivity (Wildman–Crippen MR) is 114 cm³/mol. The molecule has 0 unspecified atom stereocenters. The third-order valence-corrected chi connectivity index (χ3v) is 5.39. The monoisotopic (exact) mass is 427 g/mol. The summed E-state index contributed by atoms with van der Waals surface area (Å²) in [5.41, 5.74) is 3.28. The van der Waals surface area contributed by atoms with Crippen molar-refractivity contribution < 1.29 is 19.0 Å². The highest BCUT2D eigenvalue weighted by atomic mass is 35.5. The van der Waals surface area contributed by atoms with Crippen molar-refractivity contribution in [2.45, 2.75) is 12.5 Å². The van der Waals surface area contributed by atoms with Gasteiger partial charge in [0, 0.05) is 30.8 Å². The van der Waals surface area contributed by atoms with Crippen LogP contribution in [0.1, 0.15) is 16.1 Å². The molecule has 3 aromatic rings. The van der Waals surface area contributed by atoms with E-state index in [1.807, 2.05) is 30.3 Å². The molecule has 2 aromatic carbocycles. The SMILES string of the molecule is COc1ccc(OC)c(-c2cc(Cl)c3c(c2)C[C@H](CNC(=O)c2ccnn2C)O3)c1. The second kappa shape index (κ2) is 8.28. The van der Waals surface area contributed by atoms with Crippen LogP contribution in [0.2, 0.25) is 5.02 Å². The molecule has 1 aliphatic rings. The second-order valence-electron chi connectivity index (χ2n) is 7.01. The Labute approximate surface area is 179 Å². The quantitative estimate of drug-likeness (QED) is 0.651. The molecular weight excluding hydrogens is 406 g/mol. The van der Waals surface area contributed by atoms with Gasteiger partial charge < -0.3 is 19.5 Å². The Morgan fingerprint density at radius 1 is 1.27 bits per heavy atom. The number of hydrogen-bond donors (Lipinski definition) is 1. The number of methoxy groups -OCH3 is 2. The Morgan fingerprint density at radius 3 is 2.80 bits per heavy atom. The van der Waals surface area contributed by atoms with Gasteiger partial charge in [0.25, 0.3) is 5.91 Å². The number of aryl methyl sites for hydroxylation is 1. The molecule has 0 bridgehead atoms. The minimum atomic E-state index is -0.197. The minimum absolute atomic E-state index is 0.192. The van der Waals surface area contributed by atoms with Gasteiger partial charge in [-0.1, -0.05) is 11.6 Å². The Hall–Kier alpha value is -3.19. The standard InChI is InChI=1S/C22H22ClN3O4/c1-26-19(6-7-25-26)22(27)24-12-16-9-14-8-13(10-18(23)21(14)30-16)17-11-15(28-2)4-5-20(17)29-3/h4-8,10-11,16H,9,12H2,1-3H3,(H,24,27)/t16-/m1/s1. The van der Waals surface area contributed by atoms with E-state index in [-0.39, 0.29) is 12.0 Å². The molecule has 0 saturated heterocycles. The number of carbonyl (C=O) groups is 1. The lowest BCUT2D eigenvalue weighted by atomic mass is 9.99. The van der Waals surface area contributed by atoms with Gasteiger partial charge in [-0.15, -0.1) is 0 Å². The molecule has 1 atom stereocenters. The van der Waals surface area contributed by atoms with E-state index in [1.54, 1.807) is 33.5 Å². The van der Waals surface area contributed by atoms with Crippen molar-refractivity contribution in [2.24, 2.45) is 7.05 Å². The van der Waals surface area contributed by atoms with Gasteiger partial charge in [-0.2, -0.15) is 5.10 Å². The van der Waals surface area contributed by atoms with Gasteiger partial charge in [0.05, 0.1) is 25.8 Å². The number of rotatable bonds is 6. The summed E-state index contributed by atoms with van der Waals surface area (Å²) in [5, 5.41) is 7.43. The summed E-state index contributed by atoms with van der Waals surface area (Å²) in [7, 11) is 4.98. The van der Waals surface area contributed by atoms with Gasteiger partial charge in [-0.05, 0) is 42.0 Å². The summed E-state index contributed by atoms with van der Waals surface area (Å²) in [5.74, 6) is 1.92. The van der Waals surface area contributed by atoms with Gasteiger partial charge in [0.2, 0.25) is 0 Å². The number of nitrogens with one attached hydrogen (secondary N) is 1. The molecule has 4 rings (SSSR count). The average Bonchev–Trinajstić information content (AvgIpc) is 3.37. The minimum Gasteiger partial charge on any atom is -0.497 e. The Kier molecular flexibility index (Phi) is 5.55. The summed E-state index contributed by atoms with van der Waals surface area (Å²) in [4.78, 5) is 12.3. The molecule has 0 fully saturated rings. The zero-order chi connectivity index (χ0) is 21.3. The third kappa shape index (κ3) is 3.80. The molecule has 0 saturated carbocycles. The van der Waals surface area contributed by atoms with Crippen LogP contribution in [0.5, 0.6) is 17.2 Å². The van der Waals surface area contributed by atoms with E-state index in [0.29, 0.717) is 29.4 Å². The summed E-state index contributed by atoms with van der Waals surface area (Å²) >= 11 is 6.53. The molecule has 1 amide bonds. The van der Waals surface area contributed by atoms with Crippen molar-refractivity contribution in [3.63, 3.8) is 0 Å². The van der Waals surface area contributed by atoms with Crippen LogP contribution in [-0.2, 0) is 13.5 Å². The van der Waals surface area contributed by atoms with Crippen LogP contribution >= 0.6 is 11.6 Å². The third-order valence-electron chi connectivity index (χ3n) is 5.11. The highest BCUT2D eigenvalue weighted by Gasteiger charge is 2.27. The number of amides is 1. The fourth-order valence-corrected chi connectivity index (χ4v) is 3.87. The van der Waals surface area contributed by atoms with Gasteiger partial charge >= 0.3 is 0 Å². The van der Waals surface area contributed by atoms with Crippen LogP contribution in [0.3, 0.4) is 0 Å². The number of ether oxygens (including phenoxy) is 3. The topological polar surface area (TPSA) is 74.6 Å². The molecule has 0 aliphatic carbocycles. The molecule has 7 nitrogen and oxygen atoms in total. The second-order valence-corrected chi connectivity index (χ2v) is 7.41. The maximum atomic E-state index is 12.3. The summed E-state index contributed by atoms with van der Waals surface area (Å²) in [6.07, 6.45) is 2.03. The summed E-state index contributed by atoms with van der Waals surface area (Å²) in [6, 6.07) is 11.2. The zero-order valence-corrected chi connectivity index (χ0v) is 17.7. The Bertz CT molecular complexity index is 1100. The largest absolute Gasteiger partial charge is 0.497 e. The lowest BCUT2D eigenvalue weighted by molar-refractivity contribution is 0.0924. The molecule has 30 heavy (non-hydrogen) atoms. The van der Waals surface area contributed by atoms with Crippen LogP contribution in [0.15, 0.2) is 42.6 Å². The van der Waals surface area contributed by atoms with Gasteiger partial charge in [0.15, 0.2) is 0 Å². The van der Waals surface area contributed by atoms with Crippen molar-refractivity contribution in [1.29, 1.82) is 0 Å². The van der Waals surface area contributed by atoms with Crippen LogP contribution < -0.4 is 19.5 Å². The number of benzene rings is 2. The van der Waals surface area contributed by atoms with Gasteiger partial charge in [-0.3, -0.25) is 9.48 Å². The van der Waals surface area contributed by atoms with E-state index in [1.165, 1.54) is 4.68 Å². The van der Waals surface area contributed by atoms with Gasteiger partial charge in [0.1, 0.15) is 29.0 Å².